The summed E-state index contributed by atoms with van der Waals surface area (Å²) in [5.41, 5.74) is 2.13. The number of Topliss-reactive ketones (excluding diaryl/α,β-unsaturated/α-hetero) is 1. The lowest BCUT2D eigenvalue weighted by atomic mass is 9.68. The quantitative estimate of drug-likeness (QED) is 0.740. The molecule has 3 heterocycles. The van der Waals surface area contributed by atoms with Crippen LogP contribution in [0.15, 0.2) is 48.5 Å². The summed E-state index contributed by atoms with van der Waals surface area (Å²) < 4.78 is 11.6. The van der Waals surface area contributed by atoms with Gasteiger partial charge in [0.25, 0.3) is 0 Å². The highest BCUT2D eigenvalue weighted by molar-refractivity contribution is 5.83. The van der Waals surface area contributed by atoms with Gasteiger partial charge in [-0.25, -0.2) is 0 Å². The molecule has 34 heavy (non-hydrogen) atoms. The van der Waals surface area contributed by atoms with E-state index in [1.807, 2.05) is 23.1 Å². The summed E-state index contributed by atoms with van der Waals surface area (Å²) in [5, 5.41) is 2.27. The van der Waals surface area contributed by atoms with E-state index in [0.29, 0.717) is 25.5 Å². The van der Waals surface area contributed by atoms with Gasteiger partial charge in [0.1, 0.15) is 11.7 Å². The Balaban J connectivity index is 1.44. The van der Waals surface area contributed by atoms with Crippen molar-refractivity contribution >= 4 is 11.7 Å². The van der Waals surface area contributed by atoms with Crippen LogP contribution in [-0.2, 0) is 15.0 Å². The number of carbonyl (C=O) groups is 2. The van der Waals surface area contributed by atoms with Crippen molar-refractivity contribution in [3.05, 3.63) is 59.7 Å². The van der Waals surface area contributed by atoms with Crippen LogP contribution in [0.2, 0.25) is 0 Å². The van der Waals surface area contributed by atoms with Crippen LogP contribution in [0, 0.1) is 5.92 Å². The second kappa shape index (κ2) is 9.41. The van der Waals surface area contributed by atoms with Gasteiger partial charge < -0.3 is 19.7 Å². The van der Waals surface area contributed by atoms with Gasteiger partial charge in [0.2, 0.25) is 5.91 Å². The molecule has 2 fully saturated rings. The molecule has 1 amide bonds. The van der Waals surface area contributed by atoms with E-state index in [0.717, 1.165) is 49.4 Å². The number of nitrogens with two attached hydrogens (primary N) is 1. The van der Waals surface area contributed by atoms with Gasteiger partial charge in [0, 0.05) is 24.6 Å². The second-order valence-electron chi connectivity index (χ2n) is 10.1. The molecule has 6 heteroatoms. The summed E-state index contributed by atoms with van der Waals surface area (Å²) in [4.78, 5) is 28.4. The number of ether oxygens (including phenoxy) is 2. The summed E-state index contributed by atoms with van der Waals surface area (Å²) in [5.74, 6) is 2.10. The number of fused-ring (bicyclic) bond motifs is 2. The van der Waals surface area contributed by atoms with Gasteiger partial charge in [-0.2, -0.15) is 0 Å². The maximum Gasteiger partial charge on any atom is 0.232 e. The van der Waals surface area contributed by atoms with Crippen LogP contribution in [0.1, 0.15) is 49.7 Å². The number of benzene rings is 2. The lowest BCUT2D eigenvalue weighted by molar-refractivity contribution is -0.640. The van der Waals surface area contributed by atoms with Gasteiger partial charge in [-0.3, -0.25) is 9.59 Å². The zero-order valence-electron chi connectivity index (χ0n) is 20.2. The maximum atomic E-state index is 14.2. The van der Waals surface area contributed by atoms with Gasteiger partial charge in [0.15, 0.2) is 11.5 Å². The predicted octanol–water partition coefficient (Wildman–Crippen LogP) is 2.66. The van der Waals surface area contributed by atoms with Crippen molar-refractivity contribution < 1.29 is 24.4 Å². The minimum atomic E-state index is -0.268. The molecule has 180 valence electrons. The molecular weight excluding hydrogens is 428 g/mol. The molecule has 0 radical (unpaired) electrons. The summed E-state index contributed by atoms with van der Waals surface area (Å²) in [6.07, 6.45) is 3.01. The smallest absolute Gasteiger partial charge is 0.232 e. The number of piperidine rings is 1. The van der Waals surface area contributed by atoms with E-state index in [2.05, 4.69) is 35.6 Å². The third-order valence-corrected chi connectivity index (χ3v) is 8.20. The number of quaternary nitrogens is 1. The van der Waals surface area contributed by atoms with E-state index in [9.17, 15) is 9.59 Å². The number of hydrogen-bond acceptors (Lipinski definition) is 4. The topological polar surface area (TPSA) is 72.5 Å². The second-order valence-corrected chi connectivity index (χ2v) is 10.1. The molecule has 0 bridgehead atoms. The Kier molecular flexibility index (Phi) is 6.34. The summed E-state index contributed by atoms with van der Waals surface area (Å²) >= 11 is 0. The first-order valence-corrected chi connectivity index (χ1v) is 12.5. The highest BCUT2D eigenvalue weighted by atomic mass is 16.5. The van der Waals surface area contributed by atoms with Crippen LogP contribution < -0.4 is 14.8 Å². The number of amides is 1. The Morgan fingerprint density at radius 3 is 2.76 bits per heavy atom. The molecule has 6 nitrogen and oxygen atoms in total. The normalized spacial score (nSPS) is 28.3. The van der Waals surface area contributed by atoms with Gasteiger partial charge in [-0.1, -0.05) is 42.5 Å². The molecular formula is C28H35N2O4+. The van der Waals surface area contributed by atoms with Gasteiger partial charge >= 0.3 is 0 Å². The first-order valence-electron chi connectivity index (χ1n) is 12.5. The number of rotatable bonds is 5. The zero-order chi connectivity index (χ0) is 23.7. The lowest BCUT2D eigenvalue weighted by Crippen LogP contribution is -2.82. The Bertz CT molecular complexity index is 1060. The molecule has 0 aromatic heterocycles. The Hall–Kier alpha value is -2.86. The molecule has 3 aliphatic rings. The standard InChI is InChI=1S/C28H34N2O4/c1-19(31)15-22-16-21(20-7-4-3-5-8-20)11-13-30(22)27(32)24-17-29-18-28(24)12-14-34-26-23(28)9-6-10-25(26)33-2/h3-10,21-22,24,29H,11-18H2,1-2H3/p+1/t21?,22?,24-,28-/m0/s1. The van der Waals surface area contributed by atoms with Crippen molar-refractivity contribution in [1.29, 1.82) is 0 Å². The van der Waals surface area contributed by atoms with E-state index >= 15 is 0 Å². The first-order chi connectivity index (χ1) is 16.5. The average molecular weight is 464 g/mol. The third-order valence-electron chi connectivity index (χ3n) is 8.20. The Labute approximate surface area is 201 Å². The zero-order valence-corrected chi connectivity index (χ0v) is 20.2. The molecule has 5 rings (SSSR count). The van der Waals surface area contributed by atoms with Gasteiger partial charge in [-0.05, 0) is 43.7 Å². The molecule has 4 atom stereocenters. The van der Waals surface area contributed by atoms with Crippen molar-refractivity contribution in [1.82, 2.24) is 4.90 Å². The molecule has 2 saturated heterocycles. The fourth-order valence-corrected chi connectivity index (χ4v) is 6.57. The van der Waals surface area contributed by atoms with Crippen molar-refractivity contribution in [2.75, 3.05) is 33.4 Å². The Morgan fingerprint density at radius 1 is 1.18 bits per heavy atom. The number of nitrogens with zero attached hydrogens (tertiary/aromatic N) is 1. The number of ketones is 1. The number of likely N-dealkylation sites (tertiary alicyclic amines) is 1. The fourth-order valence-electron chi connectivity index (χ4n) is 6.57. The van der Waals surface area contributed by atoms with E-state index in [1.165, 1.54) is 5.56 Å². The molecule has 2 aromatic carbocycles. The number of carbonyl (C=O) groups excluding carboxylic acids is 2. The molecule has 2 aromatic rings. The molecule has 2 N–H and O–H groups in total. The van der Waals surface area contributed by atoms with E-state index in [1.54, 1.807) is 14.0 Å². The number of hydrogen-bond donors (Lipinski definition) is 1. The predicted molar refractivity (Wildman–Crippen MR) is 129 cm³/mol. The highest BCUT2D eigenvalue weighted by Crippen LogP contribution is 2.49. The van der Waals surface area contributed by atoms with Crippen molar-refractivity contribution in [2.45, 2.75) is 50.0 Å². The van der Waals surface area contributed by atoms with Crippen LogP contribution in [-0.4, -0.2) is 56.0 Å². The largest absolute Gasteiger partial charge is 0.493 e. The first kappa shape index (κ1) is 22.9. The van der Waals surface area contributed by atoms with E-state index in [4.69, 9.17) is 9.47 Å². The number of methoxy groups -OCH3 is 1. The van der Waals surface area contributed by atoms with E-state index < -0.39 is 0 Å². The minimum Gasteiger partial charge on any atom is -0.493 e. The third kappa shape index (κ3) is 3.98. The molecule has 2 unspecified atom stereocenters. The van der Waals surface area contributed by atoms with Crippen LogP contribution in [0.4, 0.5) is 0 Å². The molecule has 0 aliphatic carbocycles. The van der Waals surface area contributed by atoms with Crippen LogP contribution in [0.3, 0.4) is 0 Å². The van der Waals surface area contributed by atoms with Crippen molar-refractivity contribution in [2.24, 2.45) is 5.92 Å². The minimum absolute atomic E-state index is 0.0498. The maximum absolute atomic E-state index is 14.2. The van der Waals surface area contributed by atoms with Crippen LogP contribution in [0.25, 0.3) is 0 Å². The van der Waals surface area contributed by atoms with Crippen molar-refractivity contribution in [3.63, 3.8) is 0 Å². The molecule has 3 aliphatic heterocycles. The highest BCUT2D eigenvalue weighted by Gasteiger charge is 2.56. The number of para-hydroxylation sites is 1. The summed E-state index contributed by atoms with van der Waals surface area (Å²) in [7, 11) is 1.66. The summed E-state index contributed by atoms with van der Waals surface area (Å²) in [6.45, 7) is 4.55. The average Bonchev–Trinajstić information content (AvgIpc) is 3.27. The van der Waals surface area contributed by atoms with Crippen LogP contribution >= 0.6 is 0 Å². The lowest BCUT2D eigenvalue weighted by Gasteiger charge is -2.43. The van der Waals surface area contributed by atoms with Crippen molar-refractivity contribution in [3.8, 4) is 11.5 Å². The summed E-state index contributed by atoms with van der Waals surface area (Å²) in [6, 6.07) is 16.5. The van der Waals surface area contributed by atoms with Gasteiger partial charge in [0.05, 0.1) is 32.2 Å². The molecule has 1 spiro atoms. The van der Waals surface area contributed by atoms with Crippen LogP contribution in [0.5, 0.6) is 11.5 Å². The van der Waals surface area contributed by atoms with Gasteiger partial charge in [-0.15, -0.1) is 0 Å². The fraction of sp³-hybridized carbons (Fsp3) is 0.500. The SMILES string of the molecule is COc1cccc2c1OCC[C@]21C[NH2+]C[C@H]1C(=O)N1CCC(c2ccccc2)CC1CC(C)=O. The molecule has 0 saturated carbocycles. The van der Waals surface area contributed by atoms with E-state index in [-0.39, 0.29) is 29.1 Å². The Morgan fingerprint density at radius 2 is 2.00 bits per heavy atom. The monoisotopic (exact) mass is 463 g/mol.